The number of aryl methyl sites for hydroxylation is 1. The van der Waals surface area contributed by atoms with Crippen LogP contribution in [0.5, 0.6) is 0 Å². The number of ether oxygens (including phenoxy) is 1. The van der Waals surface area contributed by atoms with Gasteiger partial charge in [0, 0.05) is 24.5 Å². The molecule has 0 spiro atoms. The first-order valence-electron chi connectivity index (χ1n) is 8.11. The summed E-state index contributed by atoms with van der Waals surface area (Å²) in [6, 6.07) is 10.7. The second-order valence-electron chi connectivity index (χ2n) is 6.47. The van der Waals surface area contributed by atoms with E-state index in [0.29, 0.717) is 6.10 Å². The third-order valence-corrected chi connectivity index (χ3v) is 5.65. The molecule has 2 aromatic rings. The fourth-order valence-corrected chi connectivity index (χ4v) is 4.07. The topological polar surface area (TPSA) is 25.4 Å². The molecule has 2 atom stereocenters. The van der Waals surface area contributed by atoms with Crippen molar-refractivity contribution in [1.82, 2.24) is 9.88 Å². The summed E-state index contributed by atoms with van der Waals surface area (Å²) in [5, 5.41) is 0. The van der Waals surface area contributed by atoms with Gasteiger partial charge in [0.25, 0.3) is 0 Å². The lowest BCUT2D eigenvalue weighted by molar-refractivity contribution is -0.0984. The molecule has 22 heavy (non-hydrogen) atoms. The predicted molar refractivity (Wildman–Crippen MR) is 88.9 cm³/mol. The number of aromatic nitrogens is 1. The first-order chi connectivity index (χ1) is 10.8. The Labute approximate surface area is 135 Å². The zero-order chi connectivity index (χ0) is 14.9. The summed E-state index contributed by atoms with van der Waals surface area (Å²) in [7, 11) is 0. The largest absolute Gasteiger partial charge is 0.367 e. The van der Waals surface area contributed by atoms with E-state index in [1.807, 2.05) is 5.51 Å². The molecule has 1 saturated heterocycles. The number of benzene rings is 1. The molecule has 0 bridgehead atoms. The van der Waals surface area contributed by atoms with Crippen molar-refractivity contribution >= 4 is 11.3 Å². The van der Waals surface area contributed by atoms with Gasteiger partial charge in [-0.2, -0.15) is 0 Å². The van der Waals surface area contributed by atoms with E-state index in [1.54, 1.807) is 11.3 Å². The van der Waals surface area contributed by atoms with Crippen molar-refractivity contribution in [1.29, 1.82) is 0 Å². The summed E-state index contributed by atoms with van der Waals surface area (Å²) in [5.74, 6) is 0.775. The molecule has 0 unspecified atom stereocenters. The predicted octanol–water partition coefficient (Wildman–Crippen LogP) is 3.80. The highest BCUT2D eigenvalue weighted by molar-refractivity contribution is 7.09. The molecule has 2 fully saturated rings. The van der Waals surface area contributed by atoms with Gasteiger partial charge in [-0.05, 0) is 31.2 Å². The number of thiazole rings is 1. The smallest absolute Gasteiger partial charge is 0.0956 e. The third kappa shape index (κ3) is 3.09. The Bertz CT molecular complexity index is 623. The fraction of sp³-hybridized carbons (Fsp3) is 0.500. The van der Waals surface area contributed by atoms with Gasteiger partial charge in [-0.25, -0.2) is 4.98 Å². The van der Waals surface area contributed by atoms with Crippen LogP contribution in [-0.4, -0.2) is 29.1 Å². The molecule has 1 saturated carbocycles. The zero-order valence-corrected chi connectivity index (χ0v) is 13.8. The van der Waals surface area contributed by atoms with Crippen molar-refractivity contribution in [3.63, 3.8) is 0 Å². The van der Waals surface area contributed by atoms with Gasteiger partial charge in [-0.15, -0.1) is 11.3 Å². The SMILES string of the molecule is Cc1ncsc1CN1C[C@@H](c2ccccc2)O[C@@H](C2CC2)C1. The number of nitrogens with zero attached hydrogens (tertiary/aromatic N) is 2. The highest BCUT2D eigenvalue weighted by Gasteiger charge is 2.38. The van der Waals surface area contributed by atoms with Crippen LogP contribution in [0.4, 0.5) is 0 Å². The Morgan fingerprint density at radius 2 is 2.05 bits per heavy atom. The molecule has 1 aliphatic carbocycles. The van der Waals surface area contributed by atoms with Gasteiger partial charge in [0.1, 0.15) is 0 Å². The summed E-state index contributed by atoms with van der Waals surface area (Å²) in [4.78, 5) is 8.34. The Balaban J connectivity index is 1.52. The van der Waals surface area contributed by atoms with E-state index in [2.05, 4.69) is 47.1 Å². The Hall–Kier alpha value is -1.23. The number of hydrogen-bond donors (Lipinski definition) is 0. The Kier molecular flexibility index (Phi) is 3.99. The Morgan fingerprint density at radius 1 is 1.23 bits per heavy atom. The second-order valence-corrected chi connectivity index (χ2v) is 7.41. The highest BCUT2D eigenvalue weighted by atomic mass is 32.1. The van der Waals surface area contributed by atoms with Crippen LogP contribution in [0.2, 0.25) is 0 Å². The van der Waals surface area contributed by atoms with Gasteiger partial charge >= 0.3 is 0 Å². The average molecular weight is 314 g/mol. The summed E-state index contributed by atoms with van der Waals surface area (Å²) < 4.78 is 6.42. The van der Waals surface area contributed by atoms with Crippen molar-refractivity contribution in [2.45, 2.75) is 38.5 Å². The molecular formula is C18H22N2OS. The van der Waals surface area contributed by atoms with E-state index in [9.17, 15) is 0 Å². The minimum Gasteiger partial charge on any atom is -0.367 e. The molecule has 1 aromatic carbocycles. The van der Waals surface area contributed by atoms with E-state index in [0.717, 1.165) is 25.6 Å². The van der Waals surface area contributed by atoms with Crippen molar-refractivity contribution in [2.24, 2.45) is 5.92 Å². The van der Waals surface area contributed by atoms with Gasteiger partial charge in [-0.3, -0.25) is 4.90 Å². The van der Waals surface area contributed by atoms with Gasteiger partial charge in [0.05, 0.1) is 23.4 Å². The molecule has 1 aliphatic heterocycles. The normalized spacial score (nSPS) is 26.2. The number of rotatable bonds is 4. The maximum Gasteiger partial charge on any atom is 0.0956 e. The van der Waals surface area contributed by atoms with E-state index in [1.165, 1.54) is 29.0 Å². The van der Waals surface area contributed by atoms with Gasteiger partial charge in [0.15, 0.2) is 0 Å². The minimum absolute atomic E-state index is 0.203. The Morgan fingerprint density at radius 3 is 2.73 bits per heavy atom. The van der Waals surface area contributed by atoms with Crippen LogP contribution < -0.4 is 0 Å². The molecule has 116 valence electrons. The third-order valence-electron chi connectivity index (χ3n) is 4.73. The van der Waals surface area contributed by atoms with E-state index in [-0.39, 0.29) is 6.10 Å². The van der Waals surface area contributed by atoms with Crippen LogP contribution in [-0.2, 0) is 11.3 Å². The van der Waals surface area contributed by atoms with Crippen LogP contribution in [0.1, 0.15) is 35.1 Å². The quantitative estimate of drug-likeness (QED) is 0.858. The van der Waals surface area contributed by atoms with Crippen LogP contribution in [0.3, 0.4) is 0 Å². The van der Waals surface area contributed by atoms with Crippen molar-refractivity contribution in [3.05, 3.63) is 52.0 Å². The standard InChI is InChI=1S/C18H22N2OS/c1-13-18(22-12-19-13)11-20-9-16(14-5-3-2-4-6-14)21-17(10-20)15-7-8-15/h2-6,12,15-17H,7-11H2,1H3/t16-,17+/m0/s1. The van der Waals surface area contributed by atoms with Crippen molar-refractivity contribution in [3.8, 4) is 0 Å². The first kappa shape index (κ1) is 14.4. The monoisotopic (exact) mass is 314 g/mol. The average Bonchev–Trinajstić information content (AvgIpc) is 3.33. The fourth-order valence-electron chi connectivity index (χ4n) is 3.25. The molecule has 2 heterocycles. The van der Waals surface area contributed by atoms with E-state index < -0.39 is 0 Å². The van der Waals surface area contributed by atoms with Crippen LogP contribution in [0.15, 0.2) is 35.8 Å². The van der Waals surface area contributed by atoms with Gasteiger partial charge in [0.2, 0.25) is 0 Å². The molecule has 0 N–H and O–H groups in total. The number of morpholine rings is 1. The molecular weight excluding hydrogens is 292 g/mol. The lowest BCUT2D eigenvalue weighted by Crippen LogP contribution is -2.44. The van der Waals surface area contributed by atoms with E-state index in [4.69, 9.17) is 4.74 Å². The van der Waals surface area contributed by atoms with E-state index >= 15 is 0 Å². The second kappa shape index (κ2) is 6.11. The lowest BCUT2D eigenvalue weighted by atomic mass is 10.0. The van der Waals surface area contributed by atoms with Crippen molar-refractivity contribution in [2.75, 3.05) is 13.1 Å². The molecule has 0 amide bonds. The molecule has 4 heteroatoms. The summed E-state index contributed by atoms with van der Waals surface area (Å²) in [6.45, 7) is 5.15. The molecule has 0 radical (unpaired) electrons. The van der Waals surface area contributed by atoms with Gasteiger partial charge in [-0.1, -0.05) is 30.3 Å². The van der Waals surface area contributed by atoms with Gasteiger partial charge < -0.3 is 4.74 Å². The summed E-state index contributed by atoms with van der Waals surface area (Å²) in [5.41, 5.74) is 4.44. The summed E-state index contributed by atoms with van der Waals surface area (Å²) in [6.07, 6.45) is 3.26. The molecule has 2 aliphatic rings. The van der Waals surface area contributed by atoms with Crippen molar-refractivity contribution < 1.29 is 4.74 Å². The summed E-state index contributed by atoms with van der Waals surface area (Å²) >= 11 is 1.77. The first-order valence-corrected chi connectivity index (χ1v) is 8.99. The minimum atomic E-state index is 0.203. The van der Waals surface area contributed by atoms with Crippen LogP contribution >= 0.6 is 11.3 Å². The highest BCUT2D eigenvalue weighted by Crippen LogP contribution is 2.39. The van der Waals surface area contributed by atoms with Crippen LogP contribution in [0.25, 0.3) is 0 Å². The molecule has 4 rings (SSSR count). The van der Waals surface area contributed by atoms with Crippen LogP contribution in [0, 0.1) is 12.8 Å². The maximum absolute atomic E-state index is 6.42. The molecule has 3 nitrogen and oxygen atoms in total. The number of hydrogen-bond acceptors (Lipinski definition) is 4. The molecule has 1 aromatic heterocycles. The zero-order valence-electron chi connectivity index (χ0n) is 12.9. The maximum atomic E-state index is 6.42. The lowest BCUT2D eigenvalue weighted by Gasteiger charge is -2.38.